The lowest BCUT2D eigenvalue weighted by molar-refractivity contribution is 0.0736. The second-order valence-corrected chi connectivity index (χ2v) is 8.56. The molecule has 0 amide bonds. The normalized spacial score (nSPS) is 18.6. The van der Waals surface area contributed by atoms with Crippen LogP contribution in [0.1, 0.15) is 36.2 Å². The molecule has 2 aliphatic heterocycles. The lowest BCUT2D eigenvalue weighted by Crippen LogP contribution is -2.33. The maximum absolute atomic E-state index is 12.7. The average molecular weight is 475 g/mol. The van der Waals surface area contributed by atoms with Crippen molar-refractivity contribution in [2.45, 2.75) is 32.0 Å². The Hall–Kier alpha value is -2.67. The van der Waals surface area contributed by atoms with Gasteiger partial charge in [0.1, 0.15) is 35.6 Å². The quantitative estimate of drug-likeness (QED) is 0.603. The number of rotatable bonds is 5. The summed E-state index contributed by atoms with van der Waals surface area (Å²) in [5.41, 5.74) is 0.963. The molecule has 1 atom stereocenters. The number of carbonyl (C=O) groups is 1. The second-order valence-electron chi connectivity index (χ2n) is 7.71. The van der Waals surface area contributed by atoms with Crippen molar-refractivity contribution < 1.29 is 28.5 Å². The monoisotopic (exact) mass is 474 g/mol. The Morgan fingerprint density at radius 3 is 2.60 bits per heavy atom. The first-order valence-electron chi connectivity index (χ1n) is 9.60. The highest BCUT2D eigenvalue weighted by atomic mass is 79.9. The average Bonchev–Trinajstić information content (AvgIpc) is 2.71. The van der Waals surface area contributed by atoms with Gasteiger partial charge >= 0.3 is 0 Å². The fourth-order valence-electron chi connectivity index (χ4n) is 3.52. The third kappa shape index (κ3) is 3.86. The van der Waals surface area contributed by atoms with Crippen LogP contribution in [-0.2, 0) is 0 Å². The molecule has 2 aromatic carbocycles. The van der Waals surface area contributed by atoms with Crippen LogP contribution in [-0.4, -0.2) is 38.3 Å². The molecule has 0 fully saturated rings. The van der Waals surface area contributed by atoms with Crippen molar-refractivity contribution in [3.63, 3.8) is 0 Å². The topological polar surface area (TPSA) is 63.2 Å². The van der Waals surface area contributed by atoms with E-state index in [-0.39, 0.29) is 18.8 Å². The Bertz CT molecular complexity index is 1030. The van der Waals surface area contributed by atoms with Crippen LogP contribution in [0.15, 0.2) is 34.8 Å². The molecule has 0 N–H and O–H groups in total. The minimum absolute atomic E-state index is 0.0252. The number of hydrogen-bond acceptors (Lipinski definition) is 6. The van der Waals surface area contributed by atoms with Crippen LogP contribution < -0.4 is 23.7 Å². The van der Waals surface area contributed by atoms with Crippen molar-refractivity contribution in [3.8, 4) is 28.7 Å². The Labute approximate surface area is 183 Å². The van der Waals surface area contributed by atoms with E-state index in [2.05, 4.69) is 15.9 Å². The summed E-state index contributed by atoms with van der Waals surface area (Å²) in [5, 5.41) is 0. The lowest BCUT2D eigenvalue weighted by Gasteiger charge is -2.32. The van der Waals surface area contributed by atoms with Gasteiger partial charge in [-0.1, -0.05) is 0 Å². The van der Waals surface area contributed by atoms with Gasteiger partial charge in [0, 0.05) is 12.1 Å². The SMILES string of the molecule is COc1cc(Br)c(OCC2CC(=O)c3ccc4c(c3O2)C=CC(C)(C)O4)cc1OC. The molecule has 0 aliphatic carbocycles. The molecule has 0 saturated heterocycles. The Balaban J connectivity index is 1.55. The van der Waals surface area contributed by atoms with Gasteiger partial charge in [0.25, 0.3) is 0 Å². The first-order chi connectivity index (χ1) is 14.3. The zero-order chi connectivity index (χ0) is 21.5. The summed E-state index contributed by atoms with van der Waals surface area (Å²) in [5.74, 6) is 3.01. The summed E-state index contributed by atoms with van der Waals surface area (Å²) < 4.78 is 29.5. The van der Waals surface area contributed by atoms with Gasteiger partial charge in [-0.15, -0.1) is 0 Å². The van der Waals surface area contributed by atoms with E-state index < -0.39 is 11.7 Å². The summed E-state index contributed by atoms with van der Waals surface area (Å²) in [6.07, 6.45) is 3.75. The molecular formula is C23H23BrO6. The van der Waals surface area contributed by atoms with Crippen LogP contribution in [0.25, 0.3) is 6.08 Å². The van der Waals surface area contributed by atoms with E-state index in [4.69, 9.17) is 23.7 Å². The summed E-state index contributed by atoms with van der Waals surface area (Å²) in [6.45, 7) is 4.17. The Morgan fingerprint density at radius 2 is 1.87 bits per heavy atom. The number of ketones is 1. The molecule has 0 saturated carbocycles. The number of fused-ring (bicyclic) bond motifs is 3. The Kier molecular flexibility index (Phi) is 5.40. The van der Waals surface area contributed by atoms with Crippen LogP contribution in [0.5, 0.6) is 28.7 Å². The van der Waals surface area contributed by atoms with Crippen molar-refractivity contribution in [2.24, 2.45) is 0 Å². The first kappa shape index (κ1) is 20.6. The molecule has 2 heterocycles. The molecule has 158 valence electrons. The standard InChI is InChI=1S/C23H23BrO6/c1-23(2)8-7-15-18(30-23)6-5-14-17(25)9-13(29-22(14)15)12-28-19-11-21(27-4)20(26-3)10-16(19)24/h5-8,10-11,13H,9,12H2,1-4H3. The number of Topliss-reactive ketones (excluding diaryl/α,β-unsaturated/α-hetero) is 1. The molecule has 0 radical (unpaired) electrons. The van der Waals surface area contributed by atoms with E-state index in [0.717, 1.165) is 10.0 Å². The van der Waals surface area contributed by atoms with E-state index >= 15 is 0 Å². The van der Waals surface area contributed by atoms with Crippen molar-refractivity contribution in [3.05, 3.63) is 45.9 Å². The van der Waals surface area contributed by atoms with Gasteiger partial charge < -0.3 is 23.7 Å². The van der Waals surface area contributed by atoms with Crippen molar-refractivity contribution in [1.29, 1.82) is 0 Å². The highest BCUT2D eigenvalue weighted by Gasteiger charge is 2.32. The minimum atomic E-state index is -0.417. The van der Waals surface area contributed by atoms with Gasteiger partial charge in [-0.25, -0.2) is 0 Å². The zero-order valence-electron chi connectivity index (χ0n) is 17.3. The van der Waals surface area contributed by atoms with Gasteiger partial charge in [-0.05, 0) is 54.1 Å². The fraction of sp³-hybridized carbons (Fsp3) is 0.348. The molecule has 7 heteroatoms. The van der Waals surface area contributed by atoms with Crippen LogP contribution >= 0.6 is 15.9 Å². The van der Waals surface area contributed by atoms with Crippen molar-refractivity contribution in [2.75, 3.05) is 20.8 Å². The largest absolute Gasteiger partial charge is 0.493 e. The molecule has 2 aromatic rings. The second kappa shape index (κ2) is 7.87. The third-order valence-corrected chi connectivity index (χ3v) is 5.66. The van der Waals surface area contributed by atoms with Gasteiger partial charge in [-0.3, -0.25) is 4.79 Å². The molecular weight excluding hydrogens is 452 g/mol. The number of hydrogen-bond donors (Lipinski definition) is 0. The number of carbonyl (C=O) groups excluding carboxylic acids is 1. The molecule has 2 aliphatic rings. The third-order valence-electron chi connectivity index (χ3n) is 5.04. The highest BCUT2D eigenvalue weighted by Crippen LogP contribution is 2.42. The fourth-order valence-corrected chi connectivity index (χ4v) is 3.96. The number of ether oxygens (including phenoxy) is 5. The molecule has 4 rings (SSSR count). The van der Waals surface area contributed by atoms with E-state index in [1.807, 2.05) is 32.1 Å². The van der Waals surface area contributed by atoms with E-state index in [1.54, 1.807) is 32.4 Å². The summed E-state index contributed by atoms with van der Waals surface area (Å²) >= 11 is 3.48. The van der Waals surface area contributed by atoms with Crippen molar-refractivity contribution >= 4 is 27.8 Å². The summed E-state index contributed by atoms with van der Waals surface area (Å²) in [6, 6.07) is 7.12. The minimum Gasteiger partial charge on any atom is -0.493 e. The van der Waals surface area contributed by atoms with E-state index in [0.29, 0.717) is 34.3 Å². The van der Waals surface area contributed by atoms with Gasteiger partial charge in [0.2, 0.25) is 0 Å². The van der Waals surface area contributed by atoms with E-state index in [9.17, 15) is 4.79 Å². The predicted molar refractivity (Wildman–Crippen MR) is 116 cm³/mol. The smallest absolute Gasteiger partial charge is 0.170 e. The Morgan fingerprint density at radius 1 is 1.13 bits per heavy atom. The highest BCUT2D eigenvalue weighted by molar-refractivity contribution is 9.10. The molecule has 6 nitrogen and oxygen atoms in total. The lowest BCUT2D eigenvalue weighted by atomic mass is 9.94. The van der Waals surface area contributed by atoms with Gasteiger partial charge in [0.15, 0.2) is 17.3 Å². The van der Waals surface area contributed by atoms with E-state index in [1.165, 1.54) is 0 Å². The van der Waals surface area contributed by atoms with Crippen molar-refractivity contribution in [1.82, 2.24) is 0 Å². The number of methoxy groups -OCH3 is 2. The molecule has 0 aromatic heterocycles. The predicted octanol–water partition coefficient (Wildman–Crippen LogP) is 5.06. The maximum Gasteiger partial charge on any atom is 0.170 e. The van der Waals surface area contributed by atoms with Crippen LogP contribution in [0.2, 0.25) is 0 Å². The van der Waals surface area contributed by atoms with Crippen LogP contribution in [0.3, 0.4) is 0 Å². The molecule has 0 bridgehead atoms. The summed E-state index contributed by atoms with van der Waals surface area (Å²) in [7, 11) is 3.14. The molecule has 30 heavy (non-hydrogen) atoms. The zero-order valence-corrected chi connectivity index (χ0v) is 18.9. The van der Waals surface area contributed by atoms with Crippen LogP contribution in [0.4, 0.5) is 0 Å². The van der Waals surface area contributed by atoms with Gasteiger partial charge in [-0.2, -0.15) is 0 Å². The summed E-state index contributed by atoms with van der Waals surface area (Å²) in [4.78, 5) is 12.7. The van der Waals surface area contributed by atoms with Crippen LogP contribution in [0, 0.1) is 0 Å². The molecule has 1 unspecified atom stereocenters. The number of halogens is 1. The molecule has 0 spiro atoms. The first-order valence-corrected chi connectivity index (χ1v) is 10.4. The number of benzene rings is 2. The maximum atomic E-state index is 12.7. The van der Waals surface area contributed by atoms with Gasteiger partial charge in [0.05, 0.1) is 36.2 Å².